The number of benzene rings is 1. The lowest BCUT2D eigenvalue weighted by atomic mass is 10.1. The Balaban J connectivity index is 1.37. The molecule has 3 heterocycles. The summed E-state index contributed by atoms with van der Waals surface area (Å²) >= 11 is 0. The molecule has 0 bridgehead atoms. The molecule has 2 aliphatic rings. The van der Waals surface area contributed by atoms with E-state index < -0.39 is 4.92 Å². The van der Waals surface area contributed by atoms with Crippen LogP contribution < -0.4 is 9.80 Å². The quantitative estimate of drug-likeness (QED) is 0.589. The highest BCUT2D eigenvalue weighted by atomic mass is 16.6. The summed E-state index contributed by atoms with van der Waals surface area (Å²) < 4.78 is 0. The number of hydrogen-bond donors (Lipinski definition) is 0. The zero-order chi connectivity index (χ0) is 19.5. The number of non-ortho nitro benzene ring substituents is 1. The summed E-state index contributed by atoms with van der Waals surface area (Å²) in [4.78, 5) is 29.2. The molecule has 0 N–H and O–H groups in total. The van der Waals surface area contributed by atoms with Gasteiger partial charge in [-0.05, 0) is 31.0 Å². The van der Waals surface area contributed by atoms with Gasteiger partial charge in [-0.3, -0.25) is 14.9 Å². The zero-order valence-electron chi connectivity index (χ0n) is 15.5. The van der Waals surface area contributed by atoms with Gasteiger partial charge in [0.15, 0.2) is 11.6 Å². The number of carbonyl (C=O) groups is 1. The molecule has 9 nitrogen and oxygen atoms in total. The third kappa shape index (κ3) is 3.73. The second kappa shape index (κ2) is 7.79. The molecule has 0 spiro atoms. The summed E-state index contributed by atoms with van der Waals surface area (Å²) in [5.41, 5.74) is 0.273. The van der Waals surface area contributed by atoms with Crippen LogP contribution >= 0.6 is 0 Å². The molecule has 146 valence electrons. The Bertz CT molecular complexity index is 858. The molecule has 1 aromatic carbocycles. The normalized spacial score (nSPS) is 17.1. The number of anilines is 2. The van der Waals surface area contributed by atoms with Crippen LogP contribution in [0.15, 0.2) is 36.4 Å². The molecule has 2 fully saturated rings. The fourth-order valence-electron chi connectivity index (χ4n) is 3.68. The fraction of sp³-hybridized carbons (Fsp3) is 0.421. The number of amides is 1. The van der Waals surface area contributed by atoms with Gasteiger partial charge in [0.1, 0.15) is 0 Å². The number of nitro benzene ring substituents is 1. The Kier molecular flexibility index (Phi) is 5.05. The Morgan fingerprint density at radius 2 is 1.50 bits per heavy atom. The summed E-state index contributed by atoms with van der Waals surface area (Å²) in [6.07, 6.45) is 2.40. The van der Waals surface area contributed by atoms with Crippen LogP contribution in [0.3, 0.4) is 0 Å². The summed E-state index contributed by atoms with van der Waals surface area (Å²) in [5, 5.41) is 19.6. The lowest BCUT2D eigenvalue weighted by molar-refractivity contribution is -0.384. The zero-order valence-corrected chi connectivity index (χ0v) is 15.5. The van der Waals surface area contributed by atoms with E-state index in [4.69, 9.17) is 0 Å². The van der Waals surface area contributed by atoms with Crippen molar-refractivity contribution in [3.8, 4) is 0 Å². The van der Waals surface area contributed by atoms with Crippen molar-refractivity contribution in [2.45, 2.75) is 12.8 Å². The topological polar surface area (TPSA) is 95.7 Å². The van der Waals surface area contributed by atoms with Crippen LogP contribution in [0.2, 0.25) is 0 Å². The van der Waals surface area contributed by atoms with E-state index in [0.717, 1.165) is 24.7 Å². The third-order valence-corrected chi connectivity index (χ3v) is 5.26. The first-order valence-corrected chi connectivity index (χ1v) is 9.49. The molecule has 0 radical (unpaired) electrons. The lowest BCUT2D eigenvalue weighted by Crippen LogP contribution is -2.49. The summed E-state index contributed by atoms with van der Waals surface area (Å²) in [6, 6.07) is 9.87. The molecule has 0 saturated carbocycles. The maximum Gasteiger partial charge on any atom is 0.270 e. The number of carbonyl (C=O) groups excluding carboxylic acids is 1. The monoisotopic (exact) mass is 382 g/mol. The number of piperazine rings is 1. The molecule has 28 heavy (non-hydrogen) atoms. The molecule has 2 saturated heterocycles. The van der Waals surface area contributed by atoms with E-state index in [1.807, 2.05) is 12.1 Å². The maximum atomic E-state index is 12.7. The van der Waals surface area contributed by atoms with E-state index in [1.165, 1.54) is 25.0 Å². The molecule has 0 aliphatic carbocycles. The Morgan fingerprint density at radius 3 is 2.07 bits per heavy atom. The van der Waals surface area contributed by atoms with Gasteiger partial charge in [0, 0.05) is 57.0 Å². The predicted molar refractivity (Wildman–Crippen MR) is 105 cm³/mol. The average Bonchev–Trinajstić information content (AvgIpc) is 3.28. The minimum atomic E-state index is -0.487. The molecule has 1 amide bonds. The number of hydrogen-bond acceptors (Lipinski definition) is 7. The van der Waals surface area contributed by atoms with E-state index in [-0.39, 0.29) is 11.6 Å². The average molecular weight is 382 g/mol. The van der Waals surface area contributed by atoms with E-state index in [1.54, 1.807) is 17.0 Å². The molecule has 0 unspecified atom stereocenters. The Morgan fingerprint density at radius 1 is 0.893 bits per heavy atom. The highest BCUT2D eigenvalue weighted by Crippen LogP contribution is 2.21. The van der Waals surface area contributed by atoms with E-state index in [0.29, 0.717) is 31.7 Å². The molecule has 1 aromatic heterocycles. The van der Waals surface area contributed by atoms with Crippen molar-refractivity contribution in [1.29, 1.82) is 0 Å². The van der Waals surface area contributed by atoms with Crippen molar-refractivity contribution in [1.82, 2.24) is 15.1 Å². The first kappa shape index (κ1) is 18.1. The SMILES string of the molecule is O=C(c1cccc([N+](=O)[O-])c1)N1CCN(c2ccc(N3CCCC3)nn2)CC1. The molecule has 2 aromatic rings. The predicted octanol–water partition coefficient (Wildman–Crippen LogP) is 1.95. The van der Waals surface area contributed by atoms with Gasteiger partial charge in [-0.15, -0.1) is 10.2 Å². The van der Waals surface area contributed by atoms with Crippen molar-refractivity contribution in [3.05, 3.63) is 52.1 Å². The summed E-state index contributed by atoms with van der Waals surface area (Å²) in [6.45, 7) is 4.45. The number of nitro groups is 1. The van der Waals surface area contributed by atoms with Gasteiger partial charge in [-0.1, -0.05) is 6.07 Å². The molecule has 9 heteroatoms. The van der Waals surface area contributed by atoms with E-state index in [2.05, 4.69) is 20.0 Å². The summed E-state index contributed by atoms with van der Waals surface area (Å²) in [7, 11) is 0. The van der Waals surface area contributed by atoms with Crippen molar-refractivity contribution in [2.24, 2.45) is 0 Å². The first-order valence-electron chi connectivity index (χ1n) is 9.49. The minimum absolute atomic E-state index is 0.0714. The molecule has 0 atom stereocenters. The second-order valence-corrected chi connectivity index (χ2v) is 7.03. The first-order chi connectivity index (χ1) is 13.6. The van der Waals surface area contributed by atoms with Crippen LogP contribution in [-0.2, 0) is 0 Å². The van der Waals surface area contributed by atoms with Crippen molar-refractivity contribution < 1.29 is 9.72 Å². The van der Waals surface area contributed by atoms with Crippen LogP contribution in [0.1, 0.15) is 23.2 Å². The lowest BCUT2D eigenvalue weighted by Gasteiger charge is -2.35. The molecular weight excluding hydrogens is 360 g/mol. The maximum absolute atomic E-state index is 12.7. The Hall–Kier alpha value is -3.23. The van der Waals surface area contributed by atoms with Gasteiger partial charge in [-0.2, -0.15) is 0 Å². The number of aromatic nitrogens is 2. The van der Waals surface area contributed by atoms with Gasteiger partial charge in [-0.25, -0.2) is 0 Å². The van der Waals surface area contributed by atoms with Crippen LogP contribution in [0.25, 0.3) is 0 Å². The van der Waals surface area contributed by atoms with Crippen molar-refractivity contribution in [2.75, 3.05) is 49.1 Å². The summed E-state index contributed by atoms with van der Waals surface area (Å²) in [5.74, 6) is 1.55. The minimum Gasteiger partial charge on any atom is -0.355 e. The van der Waals surface area contributed by atoms with E-state index >= 15 is 0 Å². The van der Waals surface area contributed by atoms with Gasteiger partial charge in [0.25, 0.3) is 11.6 Å². The van der Waals surface area contributed by atoms with Gasteiger partial charge in [0.2, 0.25) is 0 Å². The second-order valence-electron chi connectivity index (χ2n) is 7.03. The van der Waals surface area contributed by atoms with Crippen LogP contribution in [0.4, 0.5) is 17.3 Å². The highest BCUT2D eigenvalue weighted by molar-refractivity contribution is 5.95. The molecule has 4 rings (SSSR count). The Labute approximate surface area is 162 Å². The number of nitrogens with zero attached hydrogens (tertiary/aromatic N) is 6. The standard InChI is InChI=1S/C19H22N6O3/c26-19(15-4-3-5-16(14-15)25(27)28)24-12-10-23(11-13-24)18-7-6-17(20-21-18)22-8-1-2-9-22/h3-7,14H,1-2,8-13H2. The molecular formula is C19H22N6O3. The fourth-order valence-corrected chi connectivity index (χ4v) is 3.68. The van der Waals surface area contributed by atoms with Crippen LogP contribution in [-0.4, -0.2) is 65.2 Å². The van der Waals surface area contributed by atoms with E-state index in [9.17, 15) is 14.9 Å². The van der Waals surface area contributed by atoms with Gasteiger partial charge in [0.05, 0.1) is 4.92 Å². The van der Waals surface area contributed by atoms with Crippen LogP contribution in [0, 0.1) is 10.1 Å². The van der Waals surface area contributed by atoms with Crippen molar-refractivity contribution in [3.63, 3.8) is 0 Å². The molecule has 2 aliphatic heterocycles. The van der Waals surface area contributed by atoms with Crippen molar-refractivity contribution >= 4 is 23.2 Å². The van der Waals surface area contributed by atoms with Gasteiger partial charge >= 0.3 is 0 Å². The van der Waals surface area contributed by atoms with Crippen LogP contribution in [0.5, 0.6) is 0 Å². The van der Waals surface area contributed by atoms with Gasteiger partial charge < -0.3 is 14.7 Å². The third-order valence-electron chi connectivity index (χ3n) is 5.26. The highest BCUT2D eigenvalue weighted by Gasteiger charge is 2.24. The largest absolute Gasteiger partial charge is 0.355 e. The smallest absolute Gasteiger partial charge is 0.270 e. The number of rotatable bonds is 4.